The Kier molecular flexibility index (Phi) is 6.98. The molecule has 1 saturated heterocycles. The normalized spacial score (nSPS) is 15.4. The summed E-state index contributed by atoms with van der Waals surface area (Å²) in [5.74, 6) is 0. The molecule has 1 heterocycles. The Morgan fingerprint density at radius 3 is 2.39 bits per heavy atom. The minimum absolute atomic E-state index is 0.0816. The number of urea groups is 1. The highest BCUT2D eigenvalue weighted by Gasteiger charge is 2.31. The first-order valence-corrected chi connectivity index (χ1v) is 11.5. The maximum atomic E-state index is 12.8. The summed E-state index contributed by atoms with van der Waals surface area (Å²) < 4.78 is 27.8. The van der Waals surface area contributed by atoms with Gasteiger partial charge in [0.1, 0.15) is 4.90 Å². The molecule has 1 N–H and O–H groups in total. The lowest BCUT2D eigenvalue weighted by Gasteiger charge is -2.34. The predicted molar refractivity (Wildman–Crippen MR) is 113 cm³/mol. The Bertz CT molecular complexity index is 933. The van der Waals surface area contributed by atoms with E-state index in [9.17, 15) is 13.2 Å². The van der Waals surface area contributed by atoms with Gasteiger partial charge in [0.25, 0.3) is 0 Å². The number of rotatable bonds is 5. The van der Waals surface area contributed by atoms with Crippen LogP contribution in [0.2, 0.25) is 5.02 Å². The number of sulfonamides is 1. The predicted octanol–water partition coefficient (Wildman–Crippen LogP) is 3.36. The molecule has 150 valence electrons. The topological polar surface area (TPSA) is 69.7 Å². The van der Waals surface area contributed by atoms with Crippen LogP contribution in [0.25, 0.3) is 0 Å². The van der Waals surface area contributed by atoms with Crippen molar-refractivity contribution in [1.82, 2.24) is 14.5 Å². The molecule has 0 saturated carbocycles. The summed E-state index contributed by atoms with van der Waals surface area (Å²) in [6, 6.07) is 14.5. The van der Waals surface area contributed by atoms with E-state index in [0.29, 0.717) is 24.1 Å². The summed E-state index contributed by atoms with van der Waals surface area (Å²) in [6.45, 7) is 1.69. The summed E-state index contributed by atoms with van der Waals surface area (Å²) in [5.41, 5.74) is 1.16. The van der Waals surface area contributed by atoms with Crippen molar-refractivity contribution in [3.8, 4) is 0 Å². The average molecular weight is 487 g/mol. The van der Waals surface area contributed by atoms with Crippen molar-refractivity contribution in [2.45, 2.75) is 11.3 Å². The fraction of sp³-hybridized carbons (Fsp3) is 0.316. The second-order valence-corrected chi connectivity index (χ2v) is 9.66. The maximum absolute atomic E-state index is 12.8. The van der Waals surface area contributed by atoms with Crippen LogP contribution in [0.4, 0.5) is 4.79 Å². The second-order valence-electron chi connectivity index (χ2n) is 6.43. The van der Waals surface area contributed by atoms with Crippen molar-refractivity contribution in [2.24, 2.45) is 0 Å². The van der Waals surface area contributed by atoms with Gasteiger partial charge in [0, 0.05) is 37.2 Å². The quantitative estimate of drug-likeness (QED) is 0.704. The van der Waals surface area contributed by atoms with Gasteiger partial charge in [-0.3, -0.25) is 0 Å². The molecule has 0 radical (unpaired) electrons. The van der Waals surface area contributed by atoms with E-state index in [4.69, 9.17) is 11.6 Å². The highest BCUT2D eigenvalue weighted by molar-refractivity contribution is 9.10. The van der Waals surface area contributed by atoms with Crippen LogP contribution in [-0.2, 0) is 16.4 Å². The first kappa shape index (κ1) is 21.1. The minimum atomic E-state index is -3.69. The summed E-state index contributed by atoms with van der Waals surface area (Å²) in [4.78, 5) is 14.0. The lowest BCUT2D eigenvalue weighted by molar-refractivity contribution is 0.172. The van der Waals surface area contributed by atoms with Gasteiger partial charge >= 0.3 is 6.03 Å². The fourth-order valence-electron chi connectivity index (χ4n) is 3.03. The molecule has 1 fully saturated rings. The van der Waals surface area contributed by atoms with E-state index >= 15 is 0 Å². The molecular weight excluding hydrogens is 466 g/mol. The zero-order chi connectivity index (χ0) is 20.1. The van der Waals surface area contributed by atoms with Gasteiger partial charge in [-0.05, 0) is 30.2 Å². The summed E-state index contributed by atoms with van der Waals surface area (Å²) in [5, 5.41) is 3.07. The molecule has 1 aliphatic heterocycles. The Labute approximate surface area is 178 Å². The van der Waals surface area contributed by atoms with Crippen LogP contribution in [0, 0.1) is 0 Å². The summed E-state index contributed by atoms with van der Waals surface area (Å²) in [7, 11) is -3.69. The zero-order valence-corrected chi connectivity index (χ0v) is 18.3. The van der Waals surface area contributed by atoms with E-state index in [2.05, 4.69) is 21.2 Å². The molecule has 6 nitrogen and oxygen atoms in total. The van der Waals surface area contributed by atoms with Crippen LogP contribution in [0.15, 0.2) is 57.9 Å². The first-order valence-electron chi connectivity index (χ1n) is 8.90. The molecule has 0 aliphatic carbocycles. The van der Waals surface area contributed by atoms with Crippen LogP contribution in [0.3, 0.4) is 0 Å². The van der Waals surface area contributed by atoms with Crippen LogP contribution < -0.4 is 5.32 Å². The van der Waals surface area contributed by atoms with Gasteiger partial charge in [-0.25, -0.2) is 13.2 Å². The van der Waals surface area contributed by atoms with Crippen molar-refractivity contribution >= 4 is 43.6 Å². The third kappa shape index (κ3) is 5.05. The number of piperazine rings is 1. The minimum Gasteiger partial charge on any atom is -0.338 e. The van der Waals surface area contributed by atoms with Gasteiger partial charge in [0.05, 0.1) is 5.02 Å². The molecule has 0 unspecified atom stereocenters. The molecule has 0 bridgehead atoms. The number of hydrogen-bond acceptors (Lipinski definition) is 3. The molecule has 3 rings (SSSR count). The van der Waals surface area contributed by atoms with Gasteiger partial charge in [-0.2, -0.15) is 4.31 Å². The van der Waals surface area contributed by atoms with Gasteiger partial charge in [0.2, 0.25) is 10.0 Å². The third-order valence-electron chi connectivity index (χ3n) is 4.57. The molecule has 9 heteroatoms. The van der Waals surface area contributed by atoms with Crippen molar-refractivity contribution in [2.75, 3.05) is 32.7 Å². The van der Waals surface area contributed by atoms with E-state index in [-0.39, 0.29) is 29.0 Å². The molecule has 1 aliphatic rings. The second kappa shape index (κ2) is 9.26. The Morgan fingerprint density at radius 2 is 1.75 bits per heavy atom. The highest BCUT2D eigenvalue weighted by atomic mass is 79.9. The number of nitrogens with zero attached hydrogens (tertiary/aromatic N) is 2. The van der Waals surface area contributed by atoms with Crippen LogP contribution in [0.1, 0.15) is 5.56 Å². The molecule has 0 atom stereocenters. The number of amides is 2. The number of carbonyl (C=O) groups excluding carboxylic acids is 1. The summed E-state index contributed by atoms with van der Waals surface area (Å²) in [6.07, 6.45) is 0.753. The van der Waals surface area contributed by atoms with E-state index in [1.807, 2.05) is 30.3 Å². The standard InChI is InChI=1S/C19H21BrClN3O3S/c20-16-6-7-18(17(21)14-16)28(26,27)24-12-10-23(11-13-24)19(25)22-9-8-15-4-2-1-3-5-15/h1-7,14H,8-13H2,(H,22,25). The molecule has 0 aromatic heterocycles. The average Bonchev–Trinajstić information content (AvgIpc) is 2.68. The number of halogens is 2. The van der Waals surface area contributed by atoms with Gasteiger partial charge < -0.3 is 10.2 Å². The number of benzene rings is 2. The Hall–Kier alpha value is -1.61. The monoisotopic (exact) mass is 485 g/mol. The molecule has 0 spiro atoms. The van der Waals surface area contributed by atoms with E-state index in [0.717, 1.165) is 12.0 Å². The molecule has 28 heavy (non-hydrogen) atoms. The van der Waals surface area contributed by atoms with Gasteiger partial charge in [-0.15, -0.1) is 0 Å². The van der Waals surface area contributed by atoms with Crippen molar-refractivity contribution < 1.29 is 13.2 Å². The largest absolute Gasteiger partial charge is 0.338 e. The zero-order valence-electron chi connectivity index (χ0n) is 15.1. The lowest BCUT2D eigenvalue weighted by atomic mass is 10.1. The van der Waals surface area contributed by atoms with Gasteiger partial charge in [0.15, 0.2) is 0 Å². The van der Waals surface area contributed by atoms with Gasteiger partial charge in [-0.1, -0.05) is 57.9 Å². The molecule has 2 amide bonds. The van der Waals surface area contributed by atoms with Crippen LogP contribution in [-0.4, -0.2) is 56.4 Å². The lowest BCUT2D eigenvalue weighted by Crippen LogP contribution is -2.53. The van der Waals surface area contributed by atoms with E-state index < -0.39 is 10.0 Å². The smallest absolute Gasteiger partial charge is 0.317 e. The van der Waals surface area contributed by atoms with Crippen LogP contribution >= 0.6 is 27.5 Å². The fourth-order valence-corrected chi connectivity index (χ4v) is 5.46. The Balaban J connectivity index is 1.52. The molecule has 2 aromatic rings. The highest BCUT2D eigenvalue weighted by Crippen LogP contribution is 2.28. The van der Waals surface area contributed by atoms with E-state index in [1.165, 1.54) is 10.4 Å². The maximum Gasteiger partial charge on any atom is 0.317 e. The van der Waals surface area contributed by atoms with E-state index in [1.54, 1.807) is 17.0 Å². The number of nitrogens with one attached hydrogen (secondary N) is 1. The number of hydrogen-bond donors (Lipinski definition) is 1. The number of carbonyl (C=O) groups is 1. The van der Waals surface area contributed by atoms with Crippen molar-refractivity contribution in [1.29, 1.82) is 0 Å². The SMILES string of the molecule is O=C(NCCc1ccccc1)N1CCN(S(=O)(=O)c2ccc(Br)cc2Cl)CC1. The first-order chi connectivity index (χ1) is 13.4. The third-order valence-corrected chi connectivity index (χ3v) is 7.45. The molecular formula is C19H21BrClN3O3S. The molecule has 2 aromatic carbocycles. The summed E-state index contributed by atoms with van der Waals surface area (Å²) >= 11 is 9.38. The Morgan fingerprint density at radius 1 is 1.07 bits per heavy atom. The van der Waals surface area contributed by atoms with Crippen LogP contribution in [0.5, 0.6) is 0 Å². The van der Waals surface area contributed by atoms with Crippen molar-refractivity contribution in [3.63, 3.8) is 0 Å². The van der Waals surface area contributed by atoms with Crippen molar-refractivity contribution in [3.05, 3.63) is 63.6 Å².